The number of aromatic nitrogens is 1. The van der Waals surface area contributed by atoms with E-state index in [1.54, 1.807) is 0 Å². The summed E-state index contributed by atoms with van der Waals surface area (Å²) in [7, 11) is 0. The highest BCUT2D eigenvalue weighted by molar-refractivity contribution is 5.38. The fraction of sp³-hybridized carbons (Fsp3) is 0.643. The number of aryl methyl sites for hydroxylation is 2. The summed E-state index contributed by atoms with van der Waals surface area (Å²) < 4.78 is 0. The molecule has 0 saturated heterocycles. The minimum absolute atomic E-state index is 0.343. The molecular weight excluding hydrogens is 182 g/mol. The first-order valence-electron chi connectivity index (χ1n) is 5.65. The Labute approximate surface area is 93.9 Å². The second-order valence-corrected chi connectivity index (χ2v) is 5.75. The lowest BCUT2D eigenvalue weighted by atomic mass is 9.84. The molecule has 0 N–H and O–H groups in total. The summed E-state index contributed by atoms with van der Waals surface area (Å²) in [5.41, 5.74) is 6.93. The normalized spacial score (nSPS) is 11.9. The van der Waals surface area contributed by atoms with Crippen LogP contribution in [0.4, 0.5) is 0 Å². The third-order valence-electron chi connectivity index (χ3n) is 3.03. The van der Waals surface area contributed by atoms with Crippen molar-refractivity contribution in [3.63, 3.8) is 0 Å². The van der Waals surface area contributed by atoms with Gasteiger partial charge in [0.25, 0.3) is 0 Å². The molecule has 15 heavy (non-hydrogen) atoms. The van der Waals surface area contributed by atoms with Crippen molar-refractivity contribution in [1.82, 2.24) is 4.98 Å². The van der Waals surface area contributed by atoms with E-state index in [0.717, 1.165) is 6.42 Å². The quantitative estimate of drug-likeness (QED) is 0.677. The summed E-state index contributed by atoms with van der Waals surface area (Å²) in [6.07, 6.45) is 1.13. The van der Waals surface area contributed by atoms with Gasteiger partial charge in [-0.2, -0.15) is 0 Å². The van der Waals surface area contributed by atoms with Crippen molar-refractivity contribution in [3.8, 4) is 0 Å². The van der Waals surface area contributed by atoms with Gasteiger partial charge < -0.3 is 0 Å². The lowest BCUT2D eigenvalue weighted by molar-refractivity contribution is 0.409. The van der Waals surface area contributed by atoms with Gasteiger partial charge in [-0.15, -0.1) is 0 Å². The molecule has 84 valence electrons. The standard InChI is InChI=1S/C14H23N/c1-9-11(3)15-12(4)10(2)13(9)8-14(5,6)7/h8H2,1-7H3. The Morgan fingerprint density at radius 2 is 1.27 bits per heavy atom. The van der Waals surface area contributed by atoms with Gasteiger partial charge in [0.2, 0.25) is 0 Å². The van der Waals surface area contributed by atoms with Crippen LogP contribution in [-0.2, 0) is 6.42 Å². The van der Waals surface area contributed by atoms with E-state index in [1.165, 1.54) is 28.1 Å². The first-order chi connectivity index (χ1) is 6.72. The SMILES string of the molecule is Cc1nc(C)c(C)c(CC(C)(C)C)c1C. The molecule has 1 heteroatoms. The van der Waals surface area contributed by atoms with Crippen LogP contribution in [0.1, 0.15) is 48.8 Å². The van der Waals surface area contributed by atoms with E-state index < -0.39 is 0 Å². The predicted octanol–water partition coefficient (Wildman–Crippen LogP) is 3.90. The van der Waals surface area contributed by atoms with E-state index in [9.17, 15) is 0 Å². The third kappa shape index (κ3) is 2.80. The first kappa shape index (κ1) is 12.2. The van der Waals surface area contributed by atoms with Crippen LogP contribution in [0.5, 0.6) is 0 Å². The lowest BCUT2D eigenvalue weighted by Crippen LogP contribution is -2.13. The second-order valence-electron chi connectivity index (χ2n) is 5.75. The Bertz CT molecular complexity index is 344. The summed E-state index contributed by atoms with van der Waals surface area (Å²) in [5, 5.41) is 0. The first-order valence-corrected chi connectivity index (χ1v) is 5.65. The fourth-order valence-corrected chi connectivity index (χ4v) is 1.93. The van der Waals surface area contributed by atoms with Gasteiger partial charge >= 0.3 is 0 Å². The van der Waals surface area contributed by atoms with Gasteiger partial charge in [-0.25, -0.2) is 0 Å². The average Bonchev–Trinajstić information content (AvgIpc) is 2.08. The van der Waals surface area contributed by atoms with Crippen molar-refractivity contribution in [2.24, 2.45) is 5.41 Å². The van der Waals surface area contributed by atoms with E-state index in [0.29, 0.717) is 5.41 Å². The fourth-order valence-electron chi connectivity index (χ4n) is 1.93. The summed E-state index contributed by atoms with van der Waals surface area (Å²) in [5.74, 6) is 0. The Morgan fingerprint density at radius 1 is 0.867 bits per heavy atom. The van der Waals surface area contributed by atoms with Gasteiger partial charge in [0.1, 0.15) is 0 Å². The molecule has 0 amide bonds. The van der Waals surface area contributed by atoms with Crippen molar-refractivity contribution in [2.45, 2.75) is 54.9 Å². The van der Waals surface area contributed by atoms with E-state index >= 15 is 0 Å². The molecule has 1 aromatic rings. The van der Waals surface area contributed by atoms with Crippen LogP contribution >= 0.6 is 0 Å². The van der Waals surface area contributed by atoms with Crippen molar-refractivity contribution in [2.75, 3.05) is 0 Å². The Kier molecular flexibility index (Phi) is 3.22. The second kappa shape index (κ2) is 3.96. The maximum atomic E-state index is 4.56. The van der Waals surface area contributed by atoms with Crippen LogP contribution in [0.15, 0.2) is 0 Å². The van der Waals surface area contributed by atoms with Crippen LogP contribution in [0.3, 0.4) is 0 Å². The predicted molar refractivity (Wildman–Crippen MR) is 66.3 cm³/mol. The van der Waals surface area contributed by atoms with Crippen molar-refractivity contribution in [1.29, 1.82) is 0 Å². The van der Waals surface area contributed by atoms with Crippen LogP contribution in [0.25, 0.3) is 0 Å². The summed E-state index contributed by atoms with van der Waals surface area (Å²) >= 11 is 0. The molecule has 0 bridgehead atoms. The molecule has 1 heterocycles. The topological polar surface area (TPSA) is 12.9 Å². The van der Waals surface area contributed by atoms with E-state index in [1.807, 2.05) is 0 Å². The van der Waals surface area contributed by atoms with E-state index in [4.69, 9.17) is 0 Å². The zero-order valence-electron chi connectivity index (χ0n) is 11.2. The molecule has 0 radical (unpaired) electrons. The molecule has 0 aliphatic rings. The highest BCUT2D eigenvalue weighted by Gasteiger charge is 2.17. The van der Waals surface area contributed by atoms with E-state index in [2.05, 4.69) is 53.5 Å². The maximum absolute atomic E-state index is 4.56. The number of hydrogen-bond donors (Lipinski definition) is 0. The zero-order valence-corrected chi connectivity index (χ0v) is 11.2. The Hall–Kier alpha value is -0.850. The van der Waals surface area contributed by atoms with Crippen molar-refractivity contribution in [3.05, 3.63) is 28.1 Å². The molecule has 1 aromatic heterocycles. The van der Waals surface area contributed by atoms with Crippen molar-refractivity contribution >= 4 is 0 Å². The van der Waals surface area contributed by atoms with Crippen LogP contribution < -0.4 is 0 Å². The largest absolute Gasteiger partial charge is 0.258 e. The molecule has 0 aliphatic heterocycles. The lowest BCUT2D eigenvalue weighted by Gasteiger charge is -2.22. The van der Waals surface area contributed by atoms with Crippen LogP contribution in [-0.4, -0.2) is 4.98 Å². The molecule has 1 nitrogen and oxygen atoms in total. The molecule has 0 atom stereocenters. The summed E-state index contributed by atoms with van der Waals surface area (Å²) in [4.78, 5) is 4.56. The monoisotopic (exact) mass is 205 g/mol. The molecular formula is C14H23N. The minimum Gasteiger partial charge on any atom is -0.258 e. The van der Waals surface area contributed by atoms with Crippen molar-refractivity contribution < 1.29 is 0 Å². The van der Waals surface area contributed by atoms with Crippen LogP contribution in [0.2, 0.25) is 0 Å². The molecule has 0 fully saturated rings. The maximum Gasteiger partial charge on any atom is 0.0407 e. The molecule has 0 unspecified atom stereocenters. The minimum atomic E-state index is 0.343. The van der Waals surface area contributed by atoms with Gasteiger partial charge in [-0.05, 0) is 56.2 Å². The average molecular weight is 205 g/mol. The smallest absolute Gasteiger partial charge is 0.0407 e. The zero-order chi connectivity index (χ0) is 11.8. The molecule has 1 rings (SSSR count). The highest BCUT2D eigenvalue weighted by atomic mass is 14.7. The van der Waals surface area contributed by atoms with Gasteiger partial charge in [-0.3, -0.25) is 4.98 Å². The van der Waals surface area contributed by atoms with E-state index in [-0.39, 0.29) is 0 Å². The third-order valence-corrected chi connectivity index (χ3v) is 3.03. The molecule has 0 spiro atoms. The number of nitrogens with zero attached hydrogens (tertiary/aromatic N) is 1. The number of hydrogen-bond acceptors (Lipinski definition) is 1. The summed E-state index contributed by atoms with van der Waals surface area (Å²) in [6.45, 7) is 15.5. The summed E-state index contributed by atoms with van der Waals surface area (Å²) in [6, 6.07) is 0. The number of rotatable bonds is 1. The number of pyridine rings is 1. The Balaban J connectivity index is 3.27. The Morgan fingerprint density at radius 3 is 1.60 bits per heavy atom. The van der Waals surface area contributed by atoms with Gasteiger partial charge in [-0.1, -0.05) is 20.8 Å². The van der Waals surface area contributed by atoms with Gasteiger partial charge in [0.15, 0.2) is 0 Å². The van der Waals surface area contributed by atoms with Crippen LogP contribution in [0, 0.1) is 33.1 Å². The molecule has 0 aliphatic carbocycles. The molecule has 0 aromatic carbocycles. The van der Waals surface area contributed by atoms with Gasteiger partial charge in [0.05, 0.1) is 0 Å². The molecule has 0 saturated carbocycles. The highest BCUT2D eigenvalue weighted by Crippen LogP contribution is 2.27. The van der Waals surface area contributed by atoms with Gasteiger partial charge in [0, 0.05) is 11.4 Å².